The number of alkyl carbamates (subject to hydrolysis) is 1. The lowest BCUT2D eigenvalue weighted by Crippen LogP contribution is -2.48. The fourth-order valence-corrected chi connectivity index (χ4v) is 6.64. The Kier molecular flexibility index (Phi) is 7.08. The Bertz CT molecular complexity index is 1130. The Morgan fingerprint density at radius 2 is 2.08 bits per heavy atom. The van der Waals surface area contributed by atoms with Crippen LogP contribution in [0.2, 0.25) is 0 Å². The smallest absolute Gasteiger partial charge is 0.407 e. The van der Waals surface area contributed by atoms with Crippen molar-refractivity contribution in [3.05, 3.63) is 60.2 Å². The number of pyridine rings is 1. The minimum absolute atomic E-state index is 0.0679. The second-order valence-corrected chi connectivity index (χ2v) is 10.3. The van der Waals surface area contributed by atoms with Gasteiger partial charge in [-0.1, -0.05) is 24.3 Å². The lowest BCUT2D eigenvalue weighted by Gasteiger charge is -2.47. The van der Waals surface area contributed by atoms with Gasteiger partial charge in [0.15, 0.2) is 0 Å². The zero-order valence-corrected chi connectivity index (χ0v) is 20.7. The third kappa shape index (κ3) is 5.01. The van der Waals surface area contributed by atoms with E-state index in [0.29, 0.717) is 18.4 Å². The van der Waals surface area contributed by atoms with Crippen molar-refractivity contribution in [3.63, 3.8) is 0 Å². The molecule has 1 aromatic heterocycles. The molecular formula is C29H33FN2O4. The van der Waals surface area contributed by atoms with Gasteiger partial charge in [0.05, 0.1) is 18.2 Å². The van der Waals surface area contributed by atoms with Crippen LogP contribution in [0.3, 0.4) is 0 Å². The number of carbonyl (C=O) groups is 2. The number of benzene rings is 1. The summed E-state index contributed by atoms with van der Waals surface area (Å²) in [6.45, 7) is 4.15. The average Bonchev–Trinajstić information content (AvgIpc) is 3.15. The average molecular weight is 493 g/mol. The molecule has 0 bridgehead atoms. The molecule has 1 aromatic carbocycles. The van der Waals surface area contributed by atoms with Gasteiger partial charge in [0, 0.05) is 23.7 Å². The highest BCUT2D eigenvalue weighted by atomic mass is 19.1. The number of carbonyl (C=O) groups excluding carboxylic acids is 2. The number of cyclic esters (lactones) is 1. The number of halogens is 1. The zero-order valence-electron chi connectivity index (χ0n) is 20.7. The molecule has 0 unspecified atom stereocenters. The molecule has 2 heterocycles. The minimum atomic E-state index is -0.368. The van der Waals surface area contributed by atoms with Crippen LogP contribution in [0.1, 0.15) is 45.2 Å². The monoisotopic (exact) mass is 492 g/mol. The molecule has 2 saturated carbocycles. The first kappa shape index (κ1) is 24.5. The van der Waals surface area contributed by atoms with E-state index in [9.17, 15) is 14.0 Å². The Morgan fingerprint density at radius 3 is 2.83 bits per heavy atom. The van der Waals surface area contributed by atoms with Gasteiger partial charge < -0.3 is 14.8 Å². The van der Waals surface area contributed by atoms with Gasteiger partial charge in [-0.25, -0.2) is 9.18 Å². The van der Waals surface area contributed by atoms with Gasteiger partial charge in [0.2, 0.25) is 0 Å². The second-order valence-electron chi connectivity index (χ2n) is 10.3. The summed E-state index contributed by atoms with van der Waals surface area (Å²) in [6.07, 6.45) is 9.07. The first-order valence-electron chi connectivity index (χ1n) is 13.0. The summed E-state index contributed by atoms with van der Waals surface area (Å²) in [6, 6.07) is 10.4. The SMILES string of the molecule is CCOC(=O)N[C@@H]1CC[C@H]2[C@H](C1)C[C@@H]1C(=O)O[C@H](C)[C@@H]1[C@H]2C=Cc1ccc(-c2cccc(F)c2)cn1. The fraction of sp³-hybridized carbons (Fsp3) is 0.483. The summed E-state index contributed by atoms with van der Waals surface area (Å²) in [7, 11) is 0. The quantitative estimate of drug-likeness (QED) is 0.548. The Balaban J connectivity index is 1.34. The molecule has 0 radical (unpaired) electrons. The first-order valence-corrected chi connectivity index (χ1v) is 13.0. The molecule has 36 heavy (non-hydrogen) atoms. The Labute approximate surface area is 211 Å². The molecule has 0 spiro atoms. The minimum Gasteiger partial charge on any atom is -0.462 e. The third-order valence-corrected chi connectivity index (χ3v) is 8.18. The van der Waals surface area contributed by atoms with Crippen molar-refractivity contribution in [2.45, 2.75) is 51.7 Å². The molecule has 6 nitrogen and oxygen atoms in total. The van der Waals surface area contributed by atoms with Crippen LogP contribution in [0.25, 0.3) is 17.2 Å². The molecule has 5 rings (SSSR count). The highest BCUT2D eigenvalue weighted by Gasteiger charge is 2.54. The molecule has 1 amide bonds. The summed E-state index contributed by atoms with van der Waals surface area (Å²) >= 11 is 0. The molecule has 190 valence electrons. The van der Waals surface area contributed by atoms with Gasteiger partial charge in [-0.2, -0.15) is 0 Å². The molecule has 7 heteroatoms. The molecular weight excluding hydrogens is 459 g/mol. The van der Waals surface area contributed by atoms with Crippen molar-refractivity contribution in [1.82, 2.24) is 10.3 Å². The van der Waals surface area contributed by atoms with Crippen LogP contribution < -0.4 is 5.32 Å². The van der Waals surface area contributed by atoms with E-state index in [2.05, 4.69) is 16.4 Å². The number of ether oxygens (including phenoxy) is 2. The lowest BCUT2D eigenvalue weighted by molar-refractivity contribution is -0.144. The number of aromatic nitrogens is 1. The second kappa shape index (κ2) is 10.4. The molecule has 1 N–H and O–H groups in total. The van der Waals surface area contributed by atoms with Gasteiger partial charge in [0.25, 0.3) is 0 Å². The van der Waals surface area contributed by atoms with Crippen molar-refractivity contribution in [3.8, 4) is 11.1 Å². The van der Waals surface area contributed by atoms with E-state index in [-0.39, 0.29) is 47.8 Å². The number of allylic oxidation sites excluding steroid dienone is 1. The molecule has 3 aliphatic rings. The van der Waals surface area contributed by atoms with E-state index in [1.54, 1.807) is 19.2 Å². The molecule has 2 aromatic rings. The van der Waals surface area contributed by atoms with Crippen LogP contribution in [0.5, 0.6) is 0 Å². The van der Waals surface area contributed by atoms with E-state index in [1.807, 2.05) is 31.2 Å². The third-order valence-electron chi connectivity index (χ3n) is 8.18. The standard InChI is InChI=1S/C29H33FN2O4/c1-3-35-29(34)32-23-10-11-24-20(14-23)15-26-27(17(2)36-28(26)33)25(24)12-9-22-8-7-19(16-31-22)18-5-4-6-21(30)13-18/h4-9,12-13,16-17,20,23-27H,3,10-11,14-15H2,1-2H3,(H,32,34)/t17-,20-,23-,24+,25+,26+,27-/m1/s1. The number of hydrogen-bond acceptors (Lipinski definition) is 5. The number of nitrogens with one attached hydrogen (secondary N) is 1. The maximum atomic E-state index is 13.6. The predicted molar refractivity (Wildman–Crippen MR) is 134 cm³/mol. The predicted octanol–water partition coefficient (Wildman–Crippen LogP) is 5.63. The normalized spacial score (nSPS) is 31.4. The summed E-state index contributed by atoms with van der Waals surface area (Å²) in [5, 5.41) is 3.00. The summed E-state index contributed by atoms with van der Waals surface area (Å²) in [4.78, 5) is 29.2. The maximum Gasteiger partial charge on any atom is 0.407 e. The summed E-state index contributed by atoms with van der Waals surface area (Å²) < 4.78 is 24.3. The van der Waals surface area contributed by atoms with Crippen LogP contribution in [0, 0.1) is 35.4 Å². The van der Waals surface area contributed by atoms with Gasteiger partial charge >= 0.3 is 12.1 Å². The van der Waals surface area contributed by atoms with E-state index in [4.69, 9.17) is 9.47 Å². The molecule has 7 atom stereocenters. The van der Waals surface area contributed by atoms with Gasteiger partial charge in [-0.3, -0.25) is 9.78 Å². The van der Waals surface area contributed by atoms with Crippen molar-refractivity contribution < 1.29 is 23.5 Å². The van der Waals surface area contributed by atoms with Crippen molar-refractivity contribution in [1.29, 1.82) is 0 Å². The lowest BCUT2D eigenvalue weighted by atomic mass is 9.57. The molecule has 3 fully saturated rings. The molecule has 2 aliphatic carbocycles. The van der Waals surface area contributed by atoms with Crippen LogP contribution >= 0.6 is 0 Å². The van der Waals surface area contributed by atoms with Crippen molar-refractivity contribution in [2.75, 3.05) is 6.61 Å². The van der Waals surface area contributed by atoms with Crippen LogP contribution in [0.4, 0.5) is 9.18 Å². The molecule has 1 aliphatic heterocycles. The van der Waals surface area contributed by atoms with Gasteiger partial charge in [0.1, 0.15) is 11.9 Å². The van der Waals surface area contributed by atoms with Gasteiger partial charge in [-0.15, -0.1) is 0 Å². The summed E-state index contributed by atoms with van der Waals surface area (Å²) in [5.41, 5.74) is 2.48. The Hall–Kier alpha value is -3.22. The number of hydrogen-bond donors (Lipinski definition) is 1. The van der Waals surface area contributed by atoms with Crippen LogP contribution in [0.15, 0.2) is 48.7 Å². The van der Waals surface area contributed by atoms with E-state index in [1.165, 1.54) is 12.1 Å². The maximum absolute atomic E-state index is 13.6. The van der Waals surface area contributed by atoms with Crippen LogP contribution in [-0.2, 0) is 14.3 Å². The van der Waals surface area contributed by atoms with Crippen molar-refractivity contribution >= 4 is 18.1 Å². The fourth-order valence-electron chi connectivity index (χ4n) is 6.64. The van der Waals surface area contributed by atoms with E-state index < -0.39 is 0 Å². The number of nitrogens with zero attached hydrogens (tertiary/aromatic N) is 1. The number of amides is 1. The Morgan fingerprint density at radius 1 is 1.22 bits per heavy atom. The first-order chi connectivity index (χ1) is 17.4. The number of rotatable bonds is 5. The number of esters is 1. The topological polar surface area (TPSA) is 77.5 Å². The molecule has 1 saturated heterocycles. The number of fused-ring (bicyclic) bond motifs is 2. The zero-order chi connectivity index (χ0) is 25.2. The van der Waals surface area contributed by atoms with Crippen molar-refractivity contribution in [2.24, 2.45) is 29.6 Å². The van der Waals surface area contributed by atoms with E-state index in [0.717, 1.165) is 42.5 Å². The van der Waals surface area contributed by atoms with Gasteiger partial charge in [-0.05, 0) is 87.1 Å². The highest BCUT2D eigenvalue weighted by molar-refractivity contribution is 5.75. The van der Waals surface area contributed by atoms with Crippen LogP contribution in [-0.4, -0.2) is 35.8 Å². The largest absolute Gasteiger partial charge is 0.462 e. The summed E-state index contributed by atoms with van der Waals surface area (Å²) in [5.74, 6) is 0.629. The van der Waals surface area contributed by atoms with E-state index >= 15 is 0 Å². The highest BCUT2D eigenvalue weighted by Crippen LogP contribution is 2.53.